The second-order valence-corrected chi connectivity index (χ2v) is 38.9. The fraction of sp³-hybridized carbons (Fsp3) is 0.433. The fourth-order valence-electron chi connectivity index (χ4n) is 15.5. The summed E-state index contributed by atoms with van der Waals surface area (Å²) in [6, 6.07) is 89.0. The van der Waals surface area contributed by atoms with Crippen LogP contribution in [0, 0.1) is 71.0 Å². The van der Waals surface area contributed by atoms with E-state index in [0.29, 0.717) is 29.9 Å². The van der Waals surface area contributed by atoms with Gasteiger partial charge in [-0.1, -0.05) is 378 Å². The van der Waals surface area contributed by atoms with E-state index < -0.39 is 47.8 Å². The van der Waals surface area contributed by atoms with E-state index in [0.717, 1.165) is 151 Å². The summed E-state index contributed by atoms with van der Waals surface area (Å²) in [7, 11) is 0. The second kappa shape index (κ2) is 72.2. The zero-order valence-corrected chi connectivity index (χ0v) is 85.7. The highest BCUT2D eigenvalue weighted by atomic mass is 16.5. The maximum absolute atomic E-state index is 10.7. The van der Waals surface area contributed by atoms with Crippen molar-refractivity contribution in [2.24, 2.45) is 71.0 Å². The Balaban J connectivity index is 0.000000766. The number of benzene rings is 10. The van der Waals surface area contributed by atoms with Gasteiger partial charge in [0.05, 0.1) is 12.3 Å². The van der Waals surface area contributed by atoms with Crippen LogP contribution in [0.2, 0.25) is 0 Å². The summed E-state index contributed by atoms with van der Waals surface area (Å²) in [5.41, 5.74) is 17.0. The zero-order chi connectivity index (χ0) is 103. The largest absolute Gasteiger partial charge is 0.482 e. The number of hydrogen-bond donors (Lipinski definition) is 8. The third-order valence-corrected chi connectivity index (χ3v) is 21.2. The van der Waals surface area contributed by atoms with Crippen LogP contribution < -0.4 is 4.74 Å². The van der Waals surface area contributed by atoms with Crippen LogP contribution in [0.15, 0.2) is 255 Å². The van der Waals surface area contributed by atoms with Crippen molar-refractivity contribution in [2.75, 3.05) is 6.61 Å². The van der Waals surface area contributed by atoms with Crippen LogP contribution >= 0.6 is 0 Å². The van der Waals surface area contributed by atoms with Crippen molar-refractivity contribution < 1.29 is 83.9 Å². The molecule has 2 saturated carbocycles. The minimum atomic E-state index is -0.957. The Morgan fingerprint density at radius 1 is 0.285 bits per heavy atom. The molecule has 0 heterocycles. The Bertz CT molecular complexity index is 4860. The second-order valence-electron chi connectivity index (χ2n) is 38.9. The van der Waals surface area contributed by atoms with E-state index in [1.165, 1.54) is 116 Å². The number of carbonyl (C=O) groups is 8. The lowest BCUT2D eigenvalue weighted by Gasteiger charge is -2.28. The van der Waals surface area contributed by atoms with E-state index >= 15 is 0 Å². The van der Waals surface area contributed by atoms with Gasteiger partial charge in [-0.3, -0.25) is 33.6 Å². The summed E-state index contributed by atoms with van der Waals surface area (Å²) in [5.74, 6) is 2.07. The van der Waals surface area contributed by atoms with Crippen LogP contribution in [0.25, 0.3) is 34.1 Å². The molecule has 0 unspecified atom stereocenters. The Kier molecular flexibility index (Phi) is 64.7. The average molecular weight is 1880 g/mol. The quantitative estimate of drug-likeness (QED) is 0.0202. The van der Waals surface area contributed by atoms with Gasteiger partial charge >= 0.3 is 23.9 Å². The highest BCUT2D eigenvalue weighted by molar-refractivity contribution is 5.83. The van der Waals surface area contributed by atoms with Crippen LogP contribution in [0.1, 0.15) is 270 Å². The van der Waals surface area contributed by atoms with Gasteiger partial charge in [-0.2, -0.15) is 0 Å². The standard InChI is InChI=1S/C18H20.C17H20.C16H18.C14H16.C12H16O3.C12H22O2.C12H16O2.C11H20O2.4C2H4O2/c1-15(2)14-18-12-10-17(11-13-18)9-8-16-6-4-3-5-7-16;1-14(2)12-16-8-10-17(11-9-16)13-15-6-4-3-5-7-15;1-13(2)12-14-8-10-16(11-9-14)15-6-4-3-5-7-15;1-11(2)9-12-7-8-13-5-3-4-6-14(13)10-12;1-9(2)7-10-3-5-11(6-4-10)15-8-12(13)14;2*1-9(2)7-10-3-5-11(6-4-10)8-12(13)14;1-8(2)7-9-3-5-10(6-4-9)11(12)13;4*1-2(3)4/h3-13,15H,14H2,1-2H3;3-11,14H,12-13H2,1-2H3;3-11,13H,12H2,1-2H3;3-8,10-11H,9H2,1-2H3;3-6,9H,7-8H2,1-2H3,(H,13,14);9-11H,3-8H2,1-2H3,(H,13,14);3-6,9H,7-8H2,1-2H3,(H,13,14);8-10H,3-7H2,1-2H3,(H,12,13);4*1H3,(H,3,4)/b9-8+;;;;;;;;;;;. The van der Waals surface area contributed by atoms with Crippen molar-refractivity contribution in [3.8, 4) is 16.9 Å². The van der Waals surface area contributed by atoms with Gasteiger partial charge in [-0.25, -0.2) is 4.79 Å². The van der Waals surface area contributed by atoms with Crippen LogP contribution in [-0.4, -0.2) is 95.2 Å². The molecule has 17 nitrogen and oxygen atoms in total. The summed E-state index contributed by atoms with van der Waals surface area (Å²) in [6.07, 6.45) is 23.9. The average Bonchev–Trinajstić information content (AvgIpc) is 0.851. The molecular weight excluding hydrogens is 1710 g/mol. The molecule has 12 rings (SSSR count). The maximum atomic E-state index is 10.7. The predicted molar refractivity (Wildman–Crippen MR) is 565 cm³/mol. The molecule has 2 aliphatic rings. The van der Waals surface area contributed by atoms with E-state index in [2.05, 4.69) is 323 Å². The first-order valence-electron chi connectivity index (χ1n) is 48.8. The van der Waals surface area contributed by atoms with Crippen molar-refractivity contribution in [3.05, 3.63) is 316 Å². The van der Waals surface area contributed by atoms with Crippen molar-refractivity contribution in [1.82, 2.24) is 0 Å². The van der Waals surface area contributed by atoms with Gasteiger partial charge in [0.25, 0.3) is 23.9 Å². The van der Waals surface area contributed by atoms with Crippen LogP contribution in [-0.2, 0) is 89.7 Å². The summed E-state index contributed by atoms with van der Waals surface area (Å²) in [6.45, 7) is 39.8. The molecule has 0 amide bonds. The lowest BCUT2D eigenvalue weighted by atomic mass is 9.77. The predicted octanol–water partition coefficient (Wildman–Crippen LogP) is 29.6. The van der Waals surface area contributed by atoms with Gasteiger partial charge in [0.1, 0.15) is 5.75 Å². The molecule has 0 aromatic heterocycles. The van der Waals surface area contributed by atoms with Crippen LogP contribution in [0.5, 0.6) is 5.75 Å². The minimum Gasteiger partial charge on any atom is -0.482 e. The van der Waals surface area contributed by atoms with E-state index in [4.69, 9.17) is 64.8 Å². The number of ether oxygens (including phenoxy) is 1. The van der Waals surface area contributed by atoms with Crippen LogP contribution in [0.4, 0.5) is 0 Å². The molecule has 10 aromatic rings. The Morgan fingerprint density at radius 3 is 0.942 bits per heavy atom. The number of rotatable bonds is 29. The molecule has 8 N–H and O–H groups in total. The molecule has 10 aromatic carbocycles. The molecule has 0 saturated heterocycles. The van der Waals surface area contributed by atoms with Gasteiger partial charge in [-0.05, 0) is 257 Å². The minimum absolute atomic E-state index is 0.0524. The smallest absolute Gasteiger partial charge is 0.341 e. The summed E-state index contributed by atoms with van der Waals surface area (Å²) in [5, 5.41) is 66.8. The first-order valence-corrected chi connectivity index (χ1v) is 48.8. The number of carboxylic acids is 8. The molecule has 0 atom stereocenters. The van der Waals surface area contributed by atoms with Gasteiger partial charge in [0.15, 0.2) is 6.61 Å². The number of fused-ring (bicyclic) bond motifs is 1. The summed E-state index contributed by atoms with van der Waals surface area (Å²) >= 11 is 0. The molecule has 17 heteroatoms. The lowest BCUT2D eigenvalue weighted by Crippen LogP contribution is -2.22. The molecule has 2 aliphatic carbocycles. The molecule has 137 heavy (non-hydrogen) atoms. The van der Waals surface area contributed by atoms with E-state index in [1.54, 1.807) is 12.1 Å². The molecular formula is C120H164O17. The van der Waals surface area contributed by atoms with E-state index in [-0.39, 0.29) is 18.9 Å². The van der Waals surface area contributed by atoms with Crippen molar-refractivity contribution >= 4 is 70.7 Å². The van der Waals surface area contributed by atoms with Gasteiger partial charge in [0.2, 0.25) is 0 Å². The van der Waals surface area contributed by atoms with Gasteiger partial charge in [-0.15, -0.1) is 0 Å². The van der Waals surface area contributed by atoms with E-state index in [9.17, 15) is 19.2 Å². The Morgan fingerprint density at radius 2 is 0.577 bits per heavy atom. The lowest BCUT2D eigenvalue weighted by molar-refractivity contribution is -0.143. The monoisotopic (exact) mass is 1880 g/mol. The molecule has 0 spiro atoms. The summed E-state index contributed by atoms with van der Waals surface area (Å²) in [4.78, 5) is 77.9. The zero-order valence-electron chi connectivity index (χ0n) is 85.7. The number of aliphatic carboxylic acids is 8. The fourth-order valence-corrected chi connectivity index (χ4v) is 15.5. The van der Waals surface area contributed by atoms with Crippen LogP contribution in [0.3, 0.4) is 0 Å². The molecule has 0 bridgehead atoms. The third-order valence-electron chi connectivity index (χ3n) is 21.2. The highest BCUT2D eigenvalue weighted by Gasteiger charge is 2.27. The third kappa shape index (κ3) is 68.4. The van der Waals surface area contributed by atoms with Crippen molar-refractivity contribution in [3.63, 3.8) is 0 Å². The summed E-state index contributed by atoms with van der Waals surface area (Å²) < 4.78 is 5.03. The number of hydrogen-bond acceptors (Lipinski definition) is 9. The first-order chi connectivity index (χ1) is 64.7. The number of carboxylic acid groups (broad SMARTS) is 8. The SMILES string of the molecule is CC(=O)O.CC(=O)O.CC(=O)O.CC(=O)O.CC(C)CC1CCC(C(=O)O)CC1.CC(C)CC1CCC(CC(=O)O)CC1.CC(C)Cc1ccc(-c2ccccc2)cc1.CC(C)Cc1ccc(/C=C/c2ccccc2)cc1.CC(C)Cc1ccc(CC(=O)O)cc1.CC(C)Cc1ccc(Cc2ccccc2)cc1.CC(C)Cc1ccc(OCC(=O)O)cc1.CC(C)Cc1ccc2ccccc2c1. The van der Waals surface area contributed by atoms with Gasteiger partial charge < -0.3 is 45.6 Å². The Labute approximate surface area is 820 Å². The highest BCUT2D eigenvalue weighted by Crippen LogP contribution is 2.35. The molecule has 746 valence electrons. The topological polar surface area (TPSA) is 308 Å². The van der Waals surface area contributed by atoms with Gasteiger partial charge in [0, 0.05) is 34.1 Å². The molecule has 2 fully saturated rings. The van der Waals surface area contributed by atoms with Crippen molar-refractivity contribution in [1.29, 1.82) is 0 Å². The molecule has 0 aliphatic heterocycles. The first kappa shape index (κ1) is 123. The molecule has 0 radical (unpaired) electrons. The van der Waals surface area contributed by atoms with Crippen molar-refractivity contribution in [2.45, 2.75) is 260 Å². The maximum Gasteiger partial charge on any atom is 0.341 e. The normalized spacial score (nSPS) is 13.8. The van der Waals surface area contributed by atoms with E-state index in [1.807, 2.05) is 42.5 Å². The Hall–Kier alpha value is -12.2.